The molecule has 0 unspecified atom stereocenters. The maximum atomic E-state index is 5.89. The van der Waals surface area contributed by atoms with Gasteiger partial charge in [-0.25, -0.2) is 4.98 Å². The van der Waals surface area contributed by atoms with Crippen molar-refractivity contribution in [3.05, 3.63) is 41.3 Å². The molecule has 1 fully saturated rings. The number of aryl methyl sites for hydroxylation is 2. The second-order valence-corrected chi connectivity index (χ2v) is 5.67. The van der Waals surface area contributed by atoms with E-state index < -0.39 is 0 Å². The van der Waals surface area contributed by atoms with Crippen molar-refractivity contribution in [1.29, 1.82) is 0 Å². The molecule has 2 aromatic rings. The van der Waals surface area contributed by atoms with Gasteiger partial charge in [-0.2, -0.15) is 0 Å². The number of oxazole rings is 1. The Balaban J connectivity index is 1.82. The Hall–Kier alpha value is -1.61. The van der Waals surface area contributed by atoms with Crippen LogP contribution in [0.25, 0.3) is 11.5 Å². The normalized spacial score (nSPS) is 16.5. The number of hydrogen-bond donors (Lipinski definition) is 0. The Morgan fingerprint density at radius 1 is 1.10 bits per heavy atom. The summed E-state index contributed by atoms with van der Waals surface area (Å²) < 4.78 is 5.89. The molecule has 20 heavy (non-hydrogen) atoms. The molecule has 1 aromatic carbocycles. The van der Waals surface area contributed by atoms with Crippen molar-refractivity contribution in [1.82, 2.24) is 9.88 Å². The van der Waals surface area contributed by atoms with Crippen LogP contribution >= 0.6 is 0 Å². The van der Waals surface area contributed by atoms with Crippen LogP contribution in [0.5, 0.6) is 0 Å². The van der Waals surface area contributed by atoms with Gasteiger partial charge in [0.15, 0.2) is 0 Å². The lowest BCUT2D eigenvalue weighted by Gasteiger charge is -2.25. The Morgan fingerprint density at radius 2 is 1.85 bits per heavy atom. The molecule has 0 atom stereocenters. The number of benzene rings is 1. The van der Waals surface area contributed by atoms with Gasteiger partial charge in [-0.3, -0.25) is 4.90 Å². The molecule has 106 valence electrons. The van der Waals surface area contributed by atoms with Crippen molar-refractivity contribution in [3.8, 4) is 11.5 Å². The fourth-order valence-corrected chi connectivity index (χ4v) is 2.83. The highest BCUT2D eigenvalue weighted by atomic mass is 16.4. The number of hydrogen-bond acceptors (Lipinski definition) is 3. The lowest BCUT2D eigenvalue weighted by molar-refractivity contribution is 0.218. The highest BCUT2D eigenvalue weighted by Crippen LogP contribution is 2.25. The van der Waals surface area contributed by atoms with Crippen molar-refractivity contribution < 1.29 is 4.42 Å². The first-order chi connectivity index (χ1) is 9.74. The van der Waals surface area contributed by atoms with Crippen LogP contribution in [0, 0.1) is 13.8 Å². The van der Waals surface area contributed by atoms with Crippen molar-refractivity contribution in [2.45, 2.75) is 39.7 Å². The van der Waals surface area contributed by atoms with Gasteiger partial charge in [0.25, 0.3) is 0 Å². The van der Waals surface area contributed by atoms with Gasteiger partial charge in [0, 0.05) is 12.1 Å². The molecule has 1 saturated heterocycles. The molecular weight excluding hydrogens is 248 g/mol. The summed E-state index contributed by atoms with van der Waals surface area (Å²) in [5.41, 5.74) is 3.39. The highest BCUT2D eigenvalue weighted by molar-refractivity contribution is 5.58. The number of piperidine rings is 1. The van der Waals surface area contributed by atoms with Gasteiger partial charge in [0.2, 0.25) is 5.89 Å². The first kappa shape index (κ1) is 13.4. The molecule has 3 rings (SSSR count). The fourth-order valence-electron chi connectivity index (χ4n) is 2.83. The third-order valence-electron chi connectivity index (χ3n) is 4.09. The Labute approximate surface area is 120 Å². The summed E-state index contributed by atoms with van der Waals surface area (Å²) in [6.07, 6.45) is 3.98. The van der Waals surface area contributed by atoms with Gasteiger partial charge in [0.05, 0.1) is 5.69 Å². The second kappa shape index (κ2) is 5.80. The van der Waals surface area contributed by atoms with E-state index in [0.717, 1.165) is 29.5 Å². The lowest BCUT2D eigenvalue weighted by atomic mass is 10.1. The van der Waals surface area contributed by atoms with E-state index in [1.807, 2.05) is 19.1 Å². The summed E-state index contributed by atoms with van der Waals surface area (Å²) in [6.45, 7) is 7.41. The molecular formula is C17H22N2O. The number of rotatable bonds is 3. The third-order valence-corrected chi connectivity index (χ3v) is 4.09. The molecule has 0 radical (unpaired) electrons. The Morgan fingerprint density at radius 3 is 2.60 bits per heavy atom. The third kappa shape index (κ3) is 2.78. The zero-order valence-corrected chi connectivity index (χ0v) is 12.4. The van der Waals surface area contributed by atoms with Crippen molar-refractivity contribution in [3.63, 3.8) is 0 Å². The average molecular weight is 270 g/mol. The molecule has 0 spiro atoms. The lowest BCUT2D eigenvalue weighted by Crippen LogP contribution is -2.29. The zero-order valence-electron chi connectivity index (χ0n) is 12.4. The quantitative estimate of drug-likeness (QED) is 0.846. The SMILES string of the molecule is Cc1ccccc1-c1nc(CN2CCCCC2)c(C)o1. The smallest absolute Gasteiger partial charge is 0.226 e. The van der Waals surface area contributed by atoms with E-state index in [-0.39, 0.29) is 0 Å². The van der Waals surface area contributed by atoms with Crippen LogP contribution in [-0.4, -0.2) is 23.0 Å². The van der Waals surface area contributed by atoms with Crippen LogP contribution in [0.2, 0.25) is 0 Å². The molecule has 3 nitrogen and oxygen atoms in total. The van der Waals surface area contributed by atoms with E-state index in [4.69, 9.17) is 9.40 Å². The van der Waals surface area contributed by atoms with Crippen molar-refractivity contribution in [2.75, 3.05) is 13.1 Å². The number of aromatic nitrogens is 1. The fraction of sp³-hybridized carbons (Fsp3) is 0.471. The standard InChI is InChI=1S/C17H22N2O/c1-13-8-4-5-9-15(13)17-18-16(14(2)20-17)12-19-10-6-3-7-11-19/h4-5,8-9H,3,6-7,10-12H2,1-2H3. The van der Waals surface area contributed by atoms with Crippen molar-refractivity contribution >= 4 is 0 Å². The largest absolute Gasteiger partial charge is 0.441 e. The summed E-state index contributed by atoms with van der Waals surface area (Å²) in [7, 11) is 0. The highest BCUT2D eigenvalue weighted by Gasteiger charge is 2.17. The monoisotopic (exact) mass is 270 g/mol. The van der Waals surface area contributed by atoms with Crippen LogP contribution in [0.3, 0.4) is 0 Å². The van der Waals surface area contributed by atoms with Gasteiger partial charge in [-0.1, -0.05) is 24.6 Å². The van der Waals surface area contributed by atoms with Gasteiger partial charge in [-0.05, 0) is 51.4 Å². The maximum Gasteiger partial charge on any atom is 0.226 e. The van der Waals surface area contributed by atoms with Crippen LogP contribution in [0.4, 0.5) is 0 Å². The topological polar surface area (TPSA) is 29.3 Å². The van der Waals surface area contributed by atoms with E-state index >= 15 is 0 Å². The summed E-state index contributed by atoms with van der Waals surface area (Å²) in [6, 6.07) is 8.25. The molecule has 0 aliphatic carbocycles. The first-order valence-electron chi connectivity index (χ1n) is 7.49. The predicted octanol–water partition coefficient (Wildman–Crippen LogP) is 3.94. The summed E-state index contributed by atoms with van der Waals surface area (Å²) >= 11 is 0. The van der Waals surface area contributed by atoms with E-state index in [9.17, 15) is 0 Å². The second-order valence-electron chi connectivity index (χ2n) is 5.67. The van der Waals surface area contributed by atoms with Crippen LogP contribution < -0.4 is 0 Å². The van der Waals surface area contributed by atoms with Gasteiger partial charge < -0.3 is 4.42 Å². The molecule has 1 aromatic heterocycles. The Bertz CT molecular complexity index is 582. The predicted molar refractivity (Wildman–Crippen MR) is 80.5 cm³/mol. The van der Waals surface area contributed by atoms with Gasteiger partial charge in [0.1, 0.15) is 5.76 Å². The van der Waals surface area contributed by atoms with Crippen LogP contribution in [0.15, 0.2) is 28.7 Å². The average Bonchev–Trinajstić information content (AvgIpc) is 2.81. The summed E-state index contributed by atoms with van der Waals surface area (Å²) in [4.78, 5) is 7.21. The molecule has 2 heterocycles. The van der Waals surface area contributed by atoms with E-state index in [0.29, 0.717) is 0 Å². The number of likely N-dealkylation sites (tertiary alicyclic amines) is 1. The van der Waals surface area contributed by atoms with Crippen LogP contribution in [-0.2, 0) is 6.54 Å². The number of nitrogens with zero attached hydrogens (tertiary/aromatic N) is 2. The minimum Gasteiger partial charge on any atom is -0.441 e. The molecule has 1 aliphatic rings. The zero-order chi connectivity index (χ0) is 13.9. The summed E-state index contributed by atoms with van der Waals surface area (Å²) in [5.74, 6) is 1.71. The first-order valence-corrected chi connectivity index (χ1v) is 7.49. The molecule has 0 saturated carbocycles. The van der Waals surface area contributed by atoms with Gasteiger partial charge >= 0.3 is 0 Å². The molecule has 0 bridgehead atoms. The summed E-state index contributed by atoms with van der Waals surface area (Å²) in [5, 5.41) is 0. The van der Waals surface area contributed by atoms with E-state index in [2.05, 4.69) is 24.0 Å². The molecule has 1 aliphatic heterocycles. The molecule has 0 N–H and O–H groups in total. The minimum atomic E-state index is 0.757. The van der Waals surface area contributed by atoms with E-state index in [1.54, 1.807) is 0 Å². The maximum absolute atomic E-state index is 5.89. The minimum absolute atomic E-state index is 0.757. The Kier molecular flexibility index (Phi) is 3.88. The van der Waals surface area contributed by atoms with Crippen molar-refractivity contribution in [2.24, 2.45) is 0 Å². The van der Waals surface area contributed by atoms with Crippen LogP contribution in [0.1, 0.15) is 36.3 Å². The van der Waals surface area contributed by atoms with E-state index in [1.165, 1.54) is 37.9 Å². The molecule has 3 heteroatoms. The molecule has 0 amide bonds. The van der Waals surface area contributed by atoms with Gasteiger partial charge in [-0.15, -0.1) is 0 Å².